The minimum atomic E-state index is -0.547. The number of fused-ring (bicyclic) bond motifs is 1. The van der Waals surface area contributed by atoms with Crippen LogP contribution in [0.25, 0.3) is 0 Å². The van der Waals surface area contributed by atoms with E-state index in [4.69, 9.17) is 10.1 Å². The molecule has 2 heterocycles. The first-order chi connectivity index (χ1) is 14.7. The van der Waals surface area contributed by atoms with Crippen LogP contribution in [0.2, 0.25) is 0 Å². The largest absolute Gasteiger partial charge is 0.497 e. The molecular weight excluding hydrogens is 394 g/mol. The van der Waals surface area contributed by atoms with Crippen LogP contribution in [-0.4, -0.2) is 18.9 Å². The highest BCUT2D eigenvalue weighted by Crippen LogP contribution is 2.48. The van der Waals surface area contributed by atoms with Crippen LogP contribution in [-0.2, 0) is 4.79 Å². The zero-order valence-corrected chi connectivity index (χ0v) is 17.1. The normalized spacial score (nSPS) is 20.3. The summed E-state index contributed by atoms with van der Waals surface area (Å²) in [4.78, 5) is 16.2. The van der Waals surface area contributed by atoms with Crippen molar-refractivity contribution in [2.75, 3.05) is 17.3 Å². The smallest absolute Gasteiger partial charge is 0.244 e. The summed E-state index contributed by atoms with van der Waals surface area (Å²) in [5.41, 5.74) is 3.19. The molecule has 1 amide bonds. The molecule has 148 valence electrons. The highest BCUT2D eigenvalue weighted by Gasteiger charge is 2.45. The predicted molar refractivity (Wildman–Crippen MR) is 120 cm³/mol. The van der Waals surface area contributed by atoms with Crippen molar-refractivity contribution in [2.45, 2.75) is 10.8 Å². The Kier molecular flexibility index (Phi) is 4.56. The van der Waals surface area contributed by atoms with Crippen LogP contribution in [0, 0.1) is 5.41 Å². The third kappa shape index (κ3) is 2.97. The Morgan fingerprint density at radius 1 is 1.00 bits per heavy atom. The molecule has 5 nitrogen and oxygen atoms in total. The zero-order chi connectivity index (χ0) is 20.7. The van der Waals surface area contributed by atoms with Crippen LogP contribution in [0.5, 0.6) is 5.75 Å². The lowest BCUT2D eigenvalue weighted by Gasteiger charge is -2.17. The zero-order valence-electron chi connectivity index (χ0n) is 16.3. The van der Waals surface area contributed by atoms with E-state index >= 15 is 0 Å². The van der Waals surface area contributed by atoms with Gasteiger partial charge in [0.15, 0.2) is 0 Å². The molecule has 3 aromatic rings. The monoisotopic (exact) mass is 413 g/mol. The molecule has 1 fully saturated rings. The van der Waals surface area contributed by atoms with Gasteiger partial charge in [-0.1, -0.05) is 60.3 Å². The van der Waals surface area contributed by atoms with Gasteiger partial charge in [0.1, 0.15) is 11.6 Å². The number of amidine groups is 1. The summed E-state index contributed by atoms with van der Waals surface area (Å²) in [6.45, 7) is 0. The number of methoxy groups -OCH3 is 1. The van der Waals surface area contributed by atoms with Gasteiger partial charge in [-0.2, -0.15) is 0 Å². The first kappa shape index (κ1) is 18.5. The minimum absolute atomic E-state index is 0.139. The fourth-order valence-electron chi connectivity index (χ4n) is 3.86. The molecule has 30 heavy (non-hydrogen) atoms. The van der Waals surface area contributed by atoms with E-state index in [1.165, 1.54) is 4.90 Å². The summed E-state index contributed by atoms with van der Waals surface area (Å²) in [5, 5.41) is 13.2. The molecule has 0 spiro atoms. The summed E-state index contributed by atoms with van der Waals surface area (Å²) in [5.74, 6) is 0.144. The Morgan fingerprint density at radius 3 is 2.53 bits per heavy atom. The number of para-hydroxylation sites is 1. The maximum atomic E-state index is 13.6. The van der Waals surface area contributed by atoms with Crippen molar-refractivity contribution < 1.29 is 9.53 Å². The van der Waals surface area contributed by atoms with E-state index in [-0.39, 0.29) is 11.7 Å². The Hall–Kier alpha value is -3.51. The molecule has 1 atom stereocenters. The van der Waals surface area contributed by atoms with Gasteiger partial charge in [0.05, 0.1) is 29.4 Å². The number of nitrogens with zero attached hydrogens (tertiary/aromatic N) is 1. The number of thioether (sulfide) groups is 1. The van der Waals surface area contributed by atoms with Gasteiger partial charge in [0.25, 0.3) is 0 Å². The highest BCUT2D eigenvalue weighted by molar-refractivity contribution is 8.03. The first-order valence-electron chi connectivity index (χ1n) is 9.57. The number of nitrogens with one attached hydrogen (secondary N) is 2. The molecule has 0 saturated carbocycles. The molecule has 0 bridgehead atoms. The second-order valence-electron chi connectivity index (χ2n) is 7.03. The van der Waals surface area contributed by atoms with Crippen molar-refractivity contribution in [1.82, 2.24) is 0 Å². The van der Waals surface area contributed by atoms with Gasteiger partial charge in [-0.25, -0.2) is 0 Å². The van der Waals surface area contributed by atoms with E-state index in [9.17, 15) is 4.79 Å². The Morgan fingerprint density at radius 2 is 1.77 bits per heavy atom. The number of carbonyl (C=O) groups is 1. The van der Waals surface area contributed by atoms with Crippen LogP contribution < -0.4 is 15.0 Å². The lowest BCUT2D eigenvalue weighted by Crippen LogP contribution is -2.29. The third-order valence-electron chi connectivity index (χ3n) is 5.27. The number of hydrogen-bond donors (Lipinski definition) is 2. The van der Waals surface area contributed by atoms with Gasteiger partial charge in [0.2, 0.25) is 5.91 Å². The molecule has 2 aliphatic rings. The van der Waals surface area contributed by atoms with Crippen LogP contribution in [0.4, 0.5) is 11.4 Å². The summed E-state index contributed by atoms with van der Waals surface area (Å²) in [7, 11) is 1.59. The van der Waals surface area contributed by atoms with Crippen LogP contribution >= 0.6 is 11.8 Å². The van der Waals surface area contributed by atoms with E-state index in [0.29, 0.717) is 17.0 Å². The molecule has 2 N–H and O–H groups in total. The average Bonchev–Trinajstić information content (AvgIpc) is 3.32. The second kappa shape index (κ2) is 7.39. The van der Waals surface area contributed by atoms with Gasteiger partial charge < -0.3 is 10.1 Å². The predicted octanol–water partition coefficient (Wildman–Crippen LogP) is 5.23. The van der Waals surface area contributed by atoms with Crippen molar-refractivity contribution in [3.8, 4) is 5.75 Å². The molecule has 0 radical (unpaired) electrons. The molecule has 6 heteroatoms. The van der Waals surface area contributed by atoms with E-state index in [2.05, 4.69) is 5.32 Å². The number of benzene rings is 3. The summed E-state index contributed by atoms with van der Waals surface area (Å²) >= 11 is 1.57. The Labute approximate surface area is 178 Å². The molecule has 1 unspecified atom stereocenters. The minimum Gasteiger partial charge on any atom is -0.497 e. The SMILES string of the molecule is COc1cccc(N2C(=N)/C(=C3\Nc4ccccc4S3)C(c3ccccc3)C2=O)c1. The quantitative estimate of drug-likeness (QED) is 0.617. The molecule has 2 aliphatic heterocycles. The number of anilines is 2. The third-order valence-corrected chi connectivity index (χ3v) is 6.37. The lowest BCUT2D eigenvalue weighted by molar-refractivity contribution is -0.117. The second-order valence-corrected chi connectivity index (χ2v) is 8.09. The van der Waals surface area contributed by atoms with Gasteiger partial charge >= 0.3 is 0 Å². The Balaban J connectivity index is 1.65. The number of carbonyl (C=O) groups excluding carboxylic acids is 1. The maximum Gasteiger partial charge on any atom is 0.244 e. The van der Waals surface area contributed by atoms with Gasteiger partial charge in [-0.15, -0.1) is 0 Å². The van der Waals surface area contributed by atoms with Crippen molar-refractivity contribution in [2.24, 2.45) is 0 Å². The topological polar surface area (TPSA) is 65.4 Å². The number of hydrogen-bond acceptors (Lipinski definition) is 5. The fraction of sp³-hybridized carbons (Fsp3) is 0.0833. The summed E-state index contributed by atoms with van der Waals surface area (Å²) < 4.78 is 5.33. The van der Waals surface area contributed by atoms with E-state index in [1.807, 2.05) is 72.8 Å². The molecule has 3 aromatic carbocycles. The summed E-state index contributed by atoms with van der Waals surface area (Å²) in [6.07, 6.45) is 0. The van der Waals surface area contributed by atoms with Crippen LogP contribution in [0.3, 0.4) is 0 Å². The van der Waals surface area contributed by atoms with Gasteiger partial charge in [-0.05, 0) is 29.8 Å². The maximum absolute atomic E-state index is 13.6. The van der Waals surface area contributed by atoms with Crippen molar-refractivity contribution in [1.29, 1.82) is 5.41 Å². The summed E-state index contributed by atoms with van der Waals surface area (Å²) in [6, 6.07) is 24.9. The first-order valence-corrected chi connectivity index (χ1v) is 10.4. The Bertz CT molecular complexity index is 1160. The van der Waals surface area contributed by atoms with E-state index in [1.54, 1.807) is 24.9 Å². The number of ether oxygens (including phenoxy) is 1. The molecular formula is C24H19N3O2S. The van der Waals surface area contributed by atoms with E-state index in [0.717, 1.165) is 21.2 Å². The average molecular weight is 414 g/mol. The molecule has 5 rings (SSSR count). The van der Waals surface area contributed by atoms with Gasteiger partial charge in [0, 0.05) is 16.5 Å². The van der Waals surface area contributed by atoms with Crippen molar-refractivity contribution in [3.63, 3.8) is 0 Å². The van der Waals surface area contributed by atoms with Crippen molar-refractivity contribution >= 4 is 34.9 Å². The number of rotatable bonds is 3. The van der Waals surface area contributed by atoms with Gasteiger partial charge in [-0.3, -0.25) is 15.1 Å². The number of amides is 1. The van der Waals surface area contributed by atoms with Crippen LogP contribution in [0.1, 0.15) is 11.5 Å². The van der Waals surface area contributed by atoms with E-state index < -0.39 is 5.92 Å². The molecule has 0 aromatic heterocycles. The fourth-order valence-corrected chi connectivity index (χ4v) is 4.94. The van der Waals surface area contributed by atoms with Crippen molar-refractivity contribution in [3.05, 3.63) is 95.0 Å². The lowest BCUT2D eigenvalue weighted by atomic mass is 9.93. The molecule has 1 saturated heterocycles. The standard InChI is InChI=1S/C24H19N3O2S/c1-29-17-11-7-10-16(14-17)27-22(25)21(20(24(27)28)15-8-3-2-4-9-15)23-26-18-12-5-6-13-19(18)30-23/h2-14,20,25-26H,1H3/b23-21+,25-22?. The molecule has 0 aliphatic carbocycles. The van der Waals surface area contributed by atoms with Crippen LogP contribution in [0.15, 0.2) is 94.4 Å². The highest BCUT2D eigenvalue weighted by atomic mass is 32.2.